The van der Waals surface area contributed by atoms with Crippen LogP contribution in [0.25, 0.3) is 16.8 Å². The Morgan fingerprint density at radius 1 is 0.943 bits per heavy atom. The molecule has 3 heteroatoms. The third-order valence-corrected chi connectivity index (χ3v) is 11.5. The highest BCUT2D eigenvalue weighted by Gasteiger charge is 2.41. The summed E-state index contributed by atoms with van der Waals surface area (Å²) in [5.41, 5.74) is 8.47. The average Bonchev–Trinajstić information content (AvgIpc) is 3.29. The van der Waals surface area contributed by atoms with E-state index in [1.165, 1.54) is 71.1 Å². The number of hydrogen-bond acceptors (Lipinski definition) is 2. The van der Waals surface area contributed by atoms with E-state index < -0.39 is 8.07 Å². The van der Waals surface area contributed by atoms with E-state index in [4.69, 9.17) is 4.74 Å². The molecular weight excluding hydrogens is 442 g/mol. The van der Waals surface area contributed by atoms with Gasteiger partial charge in [0.05, 0.1) is 8.07 Å². The standard InChI is InChI=1S/C32H37NOSi/c1-5-20-34-32-28(25-14-8-6-9-15-25)21-24(2)22-31(32)35(3,4)30-23-29(33-18-12-7-13-19-33)26-16-10-11-17-27(26)30/h5-6,8-11,14-17,21-23,30H,1,7,12-13,18-20H2,2-4H3. The molecule has 180 valence electrons. The molecule has 1 saturated heterocycles. The van der Waals surface area contributed by atoms with Crippen LogP contribution in [0.2, 0.25) is 13.1 Å². The van der Waals surface area contributed by atoms with Crippen LogP contribution in [0.1, 0.15) is 41.5 Å². The minimum atomic E-state index is -2.06. The van der Waals surface area contributed by atoms with Gasteiger partial charge in [-0.3, -0.25) is 0 Å². The van der Waals surface area contributed by atoms with Gasteiger partial charge in [-0.2, -0.15) is 0 Å². The predicted octanol–water partition coefficient (Wildman–Crippen LogP) is 7.31. The van der Waals surface area contributed by atoms with Crippen molar-refractivity contribution in [2.24, 2.45) is 0 Å². The van der Waals surface area contributed by atoms with Crippen LogP contribution in [0, 0.1) is 6.92 Å². The quantitative estimate of drug-likeness (QED) is 0.260. The summed E-state index contributed by atoms with van der Waals surface area (Å²) in [6.45, 7) is 14.0. The Morgan fingerprint density at radius 3 is 2.40 bits per heavy atom. The fraction of sp³-hybridized carbons (Fsp3) is 0.312. The van der Waals surface area contributed by atoms with Crippen molar-refractivity contribution in [1.82, 2.24) is 4.90 Å². The molecule has 1 atom stereocenters. The van der Waals surface area contributed by atoms with Gasteiger partial charge in [-0.1, -0.05) is 98.1 Å². The van der Waals surface area contributed by atoms with Crippen molar-refractivity contribution in [2.75, 3.05) is 19.7 Å². The summed E-state index contributed by atoms with van der Waals surface area (Å²) >= 11 is 0. The second kappa shape index (κ2) is 9.91. The molecule has 1 aliphatic heterocycles. The van der Waals surface area contributed by atoms with Crippen molar-refractivity contribution in [1.29, 1.82) is 0 Å². The van der Waals surface area contributed by atoms with Crippen molar-refractivity contribution in [3.05, 3.63) is 102 Å². The van der Waals surface area contributed by atoms with Crippen LogP contribution >= 0.6 is 0 Å². The molecule has 0 amide bonds. The maximum Gasteiger partial charge on any atom is 0.126 e. The number of allylic oxidation sites excluding steroid dienone is 1. The van der Waals surface area contributed by atoms with E-state index in [0.29, 0.717) is 12.1 Å². The monoisotopic (exact) mass is 479 g/mol. The third kappa shape index (κ3) is 4.50. The molecular formula is C32H37NOSi. The summed E-state index contributed by atoms with van der Waals surface area (Å²) in [6, 6.07) is 24.4. The van der Waals surface area contributed by atoms with Gasteiger partial charge in [-0.25, -0.2) is 0 Å². The molecule has 1 aliphatic carbocycles. The van der Waals surface area contributed by atoms with Crippen LogP contribution in [-0.4, -0.2) is 32.7 Å². The molecule has 3 aromatic rings. The van der Waals surface area contributed by atoms with Gasteiger partial charge < -0.3 is 9.64 Å². The topological polar surface area (TPSA) is 12.5 Å². The highest BCUT2D eigenvalue weighted by atomic mass is 28.3. The van der Waals surface area contributed by atoms with Crippen LogP contribution in [0.3, 0.4) is 0 Å². The second-order valence-corrected chi connectivity index (χ2v) is 15.1. The molecule has 0 N–H and O–H groups in total. The maximum absolute atomic E-state index is 6.49. The van der Waals surface area contributed by atoms with Gasteiger partial charge in [0, 0.05) is 35.5 Å². The maximum atomic E-state index is 6.49. The SMILES string of the molecule is C=CCOc1c(-c2ccccc2)cc(C)cc1[Si](C)(C)C1C=C(N2CCCCC2)c2ccccc21. The lowest BCUT2D eigenvalue weighted by atomic mass is 10.0. The summed E-state index contributed by atoms with van der Waals surface area (Å²) in [4.78, 5) is 2.63. The van der Waals surface area contributed by atoms with E-state index in [-0.39, 0.29) is 0 Å². The number of rotatable bonds is 7. The zero-order chi connectivity index (χ0) is 24.4. The summed E-state index contributed by atoms with van der Waals surface area (Å²) < 4.78 is 6.49. The summed E-state index contributed by atoms with van der Waals surface area (Å²) in [7, 11) is -2.06. The van der Waals surface area contributed by atoms with Gasteiger partial charge >= 0.3 is 0 Å². The average molecular weight is 480 g/mol. The molecule has 0 radical (unpaired) electrons. The van der Waals surface area contributed by atoms with Crippen LogP contribution in [0.15, 0.2) is 85.5 Å². The Balaban J connectivity index is 1.65. The van der Waals surface area contributed by atoms with Crippen LogP contribution in [-0.2, 0) is 0 Å². The van der Waals surface area contributed by atoms with Crippen molar-refractivity contribution < 1.29 is 4.74 Å². The molecule has 0 bridgehead atoms. The van der Waals surface area contributed by atoms with Crippen molar-refractivity contribution in [3.8, 4) is 16.9 Å². The summed E-state index contributed by atoms with van der Waals surface area (Å²) in [6.07, 6.45) is 8.40. The molecule has 35 heavy (non-hydrogen) atoms. The van der Waals surface area contributed by atoms with Gasteiger partial charge in [0.2, 0.25) is 0 Å². The number of likely N-dealkylation sites (tertiary alicyclic amines) is 1. The van der Waals surface area contributed by atoms with Crippen LogP contribution in [0.5, 0.6) is 5.75 Å². The van der Waals surface area contributed by atoms with E-state index in [9.17, 15) is 0 Å². The zero-order valence-corrected chi connectivity index (χ0v) is 22.4. The largest absolute Gasteiger partial charge is 0.489 e. The van der Waals surface area contributed by atoms with E-state index in [1.54, 1.807) is 0 Å². The smallest absolute Gasteiger partial charge is 0.126 e. The normalized spacial score (nSPS) is 17.6. The van der Waals surface area contributed by atoms with Gasteiger partial charge in [-0.05, 0) is 48.6 Å². The third-order valence-electron chi connectivity index (χ3n) is 7.73. The lowest BCUT2D eigenvalue weighted by molar-refractivity contribution is 0.326. The van der Waals surface area contributed by atoms with Crippen molar-refractivity contribution in [3.63, 3.8) is 0 Å². The first kappa shape index (κ1) is 23.7. The highest BCUT2D eigenvalue weighted by molar-refractivity contribution is 6.92. The molecule has 2 aliphatic rings. The zero-order valence-electron chi connectivity index (χ0n) is 21.4. The Kier molecular flexibility index (Phi) is 6.70. The van der Waals surface area contributed by atoms with E-state index in [2.05, 4.69) is 104 Å². The first-order valence-corrected chi connectivity index (χ1v) is 16.1. The minimum absolute atomic E-state index is 0.409. The Bertz CT molecular complexity index is 1240. The first-order chi connectivity index (χ1) is 17.0. The minimum Gasteiger partial charge on any atom is -0.489 e. The lowest BCUT2D eigenvalue weighted by Crippen LogP contribution is -2.47. The number of fused-ring (bicyclic) bond motifs is 1. The molecule has 1 fully saturated rings. The number of hydrogen-bond donors (Lipinski definition) is 0. The Labute approximate surface area is 212 Å². The van der Waals surface area contributed by atoms with E-state index >= 15 is 0 Å². The number of nitrogens with zero attached hydrogens (tertiary/aromatic N) is 1. The first-order valence-electron chi connectivity index (χ1n) is 13.0. The number of ether oxygens (including phenoxy) is 1. The molecule has 1 unspecified atom stereocenters. The fourth-order valence-electron chi connectivity index (χ4n) is 5.90. The van der Waals surface area contributed by atoms with Gasteiger partial charge in [0.25, 0.3) is 0 Å². The van der Waals surface area contributed by atoms with Crippen LogP contribution < -0.4 is 9.92 Å². The summed E-state index contributed by atoms with van der Waals surface area (Å²) in [5.74, 6) is 1.04. The second-order valence-electron chi connectivity index (χ2n) is 10.5. The molecule has 3 aromatic carbocycles. The Morgan fingerprint density at radius 2 is 1.66 bits per heavy atom. The van der Waals surface area contributed by atoms with Gasteiger partial charge in [0.15, 0.2) is 0 Å². The van der Waals surface area contributed by atoms with Crippen LogP contribution in [0.4, 0.5) is 0 Å². The molecule has 2 nitrogen and oxygen atoms in total. The van der Waals surface area contributed by atoms with E-state index in [0.717, 1.165) is 5.75 Å². The lowest BCUT2D eigenvalue weighted by Gasteiger charge is -2.33. The predicted molar refractivity (Wildman–Crippen MR) is 152 cm³/mol. The molecule has 0 saturated carbocycles. The highest BCUT2D eigenvalue weighted by Crippen LogP contribution is 2.44. The van der Waals surface area contributed by atoms with Crippen molar-refractivity contribution >= 4 is 19.0 Å². The van der Waals surface area contributed by atoms with Crippen molar-refractivity contribution in [2.45, 2.75) is 44.8 Å². The van der Waals surface area contributed by atoms with Gasteiger partial charge in [-0.15, -0.1) is 0 Å². The number of aryl methyl sites for hydroxylation is 1. The fourth-order valence-corrected chi connectivity index (χ4v) is 9.23. The van der Waals surface area contributed by atoms with E-state index in [1.807, 2.05) is 6.08 Å². The molecule has 1 heterocycles. The molecule has 0 spiro atoms. The molecule has 0 aromatic heterocycles. The molecule has 5 rings (SSSR count). The number of benzene rings is 3. The Hall–Kier alpha value is -3.04. The summed E-state index contributed by atoms with van der Waals surface area (Å²) in [5, 5.41) is 1.40. The van der Waals surface area contributed by atoms with Gasteiger partial charge in [0.1, 0.15) is 12.4 Å². The number of piperidine rings is 1.